The predicted molar refractivity (Wildman–Crippen MR) is 71.3 cm³/mol. The molecule has 0 unspecified atom stereocenters. The molecule has 0 aliphatic rings. The van der Waals surface area contributed by atoms with Crippen LogP contribution in [0.25, 0.3) is 0 Å². The smallest absolute Gasteiger partial charge is 0.267 e. The van der Waals surface area contributed by atoms with Crippen LogP contribution < -0.4 is 4.31 Å². The molecule has 1 heterocycles. The van der Waals surface area contributed by atoms with Gasteiger partial charge in [-0.3, -0.25) is 8.99 Å². The van der Waals surface area contributed by atoms with Crippen molar-refractivity contribution < 1.29 is 17.9 Å². The van der Waals surface area contributed by atoms with Crippen molar-refractivity contribution in [2.75, 3.05) is 18.0 Å². The minimum atomic E-state index is -3.88. The van der Waals surface area contributed by atoms with Crippen molar-refractivity contribution in [2.24, 2.45) is 0 Å². The zero-order valence-corrected chi connectivity index (χ0v) is 11.6. The van der Waals surface area contributed by atoms with Crippen LogP contribution in [0.4, 0.5) is 10.1 Å². The Bertz CT molecular complexity index is 699. The highest BCUT2D eigenvalue weighted by atomic mass is 32.2. The van der Waals surface area contributed by atoms with Crippen molar-refractivity contribution >= 4 is 15.7 Å². The third kappa shape index (κ3) is 2.66. The molecule has 0 saturated carbocycles. The molecule has 6 nitrogen and oxygen atoms in total. The fourth-order valence-corrected chi connectivity index (χ4v) is 2.86. The molecule has 1 aromatic carbocycles. The van der Waals surface area contributed by atoms with Crippen LogP contribution >= 0.6 is 0 Å². The lowest BCUT2D eigenvalue weighted by Crippen LogP contribution is -2.27. The zero-order chi connectivity index (χ0) is 14.8. The van der Waals surface area contributed by atoms with E-state index in [9.17, 15) is 12.8 Å². The summed E-state index contributed by atoms with van der Waals surface area (Å²) in [5.41, 5.74) is -0.0394. The first kappa shape index (κ1) is 14.5. The Labute approximate surface area is 116 Å². The summed E-state index contributed by atoms with van der Waals surface area (Å²) in [4.78, 5) is -0.0586. The van der Waals surface area contributed by atoms with E-state index < -0.39 is 15.8 Å². The molecule has 0 aliphatic carbocycles. The molecule has 1 aromatic heterocycles. The summed E-state index contributed by atoms with van der Waals surface area (Å²) in [6.07, 6.45) is 2.46. The van der Waals surface area contributed by atoms with Crippen molar-refractivity contribution in [3.8, 4) is 0 Å². The van der Waals surface area contributed by atoms with Crippen LogP contribution in [0, 0.1) is 5.82 Å². The number of nitrogens with zero attached hydrogens (tertiary/aromatic N) is 3. The van der Waals surface area contributed by atoms with Crippen LogP contribution in [-0.4, -0.2) is 37.0 Å². The van der Waals surface area contributed by atoms with Gasteiger partial charge in [-0.15, -0.1) is 0 Å². The third-order valence-electron chi connectivity index (χ3n) is 2.79. The minimum Gasteiger partial charge on any atom is -0.394 e. The van der Waals surface area contributed by atoms with Gasteiger partial charge >= 0.3 is 0 Å². The molecule has 0 radical (unpaired) electrons. The number of anilines is 1. The summed E-state index contributed by atoms with van der Waals surface area (Å²) in [6, 6.07) is 5.61. The largest absolute Gasteiger partial charge is 0.394 e. The quantitative estimate of drug-likeness (QED) is 0.887. The van der Waals surface area contributed by atoms with Crippen LogP contribution in [-0.2, 0) is 16.6 Å². The molecule has 20 heavy (non-hydrogen) atoms. The van der Waals surface area contributed by atoms with Crippen LogP contribution in [0.3, 0.4) is 0 Å². The maximum Gasteiger partial charge on any atom is 0.267 e. The number of rotatable bonds is 5. The molecule has 0 atom stereocenters. The summed E-state index contributed by atoms with van der Waals surface area (Å²) in [7, 11) is -2.61. The molecule has 1 N–H and O–H groups in total. The summed E-state index contributed by atoms with van der Waals surface area (Å²) in [6.45, 7) is 0.0449. The molecule has 0 spiro atoms. The van der Waals surface area contributed by atoms with Gasteiger partial charge in [0, 0.05) is 13.2 Å². The first-order chi connectivity index (χ1) is 9.46. The molecule has 0 saturated heterocycles. The number of benzene rings is 1. The highest BCUT2D eigenvalue weighted by Gasteiger charge is 2.24. The van der Waals surface area contributed by atoms with Crippen molar-refractivity contribution in [2.45, 2.75) is 11.4 Å². The molecule has 8 heteroatoms. The second-order valence-corrected chi connectivity index (χ2v) is 6.06. The van der Waals surface area contributed by atoms with Crippen molar-refractivity contribution in [1.29, 1.82) is 0 Å². The van der Waals surface area contributed by atoms with Gasteiger partial charge in [0.2, 0.25) is 0 Å². The summed E-state index contributed by atoms with van der Waals surface area (Å²) in [5.74, 6) is -0.624. The second kappa shape index (κ2) is 5.59. The van der Waals surface area contributed by atoms with Crippen molar-refractivity contribution in [1.82, 2.24) is 9.78 Å². The molecule has 2 aromatic rings. The van der Waals surface area contributed by atoms with Gasteiger partial charge in [0.25, 0.3) is 10.0 Å². The minimum absolute atomic E-state index is 0.0394. The van der Waals surface area contributed by atoms with Gasteiger partial charge in [-0.1, -0.05) is 12.1 Å². The van der Waals surface area contributed by atoms with Gasteiger partial charge in [0.15, 0.2) is 0 Å². The van der Waals surface area contributed by atoms with Gasteiger partial charge in [0.1, 0.15) is 10.7 Å². The lowest BCUT2D eigenvalue weighted by Gasteiger charge is -2.18. The standard InChI is InChI=1S/C12H14FN3O3S/c1-15(12-5-3-2-4-11(12)13)20(18,19)10-8-14-16(9-10)6-7-17/h2-5,8-9,17H,6-7H2,1H3. The summed E-state index contributed by atoms with van der Waals surface area (Å²) in [5, 5.41) is 12.6. The van der Waals surface area contributed by atoms with Gasteiger partial charge in [-0.2, -0.15) is 5.10 Å². The number of hydrogen-bond donors (Lipinski definition) is 1. The molecular formula is C12H14FN3O3S. The highest BCUT2D eigenvalue weighted by molar-refractivity contribution is 7.92. The summed E-state index contributed by atoms with van der Waals surface area (Å²) < 4.78 is 40.5. The van der Waals surface area contributed by atoms with E-state index in [4.69, 9.17) is 5.11 Å². The Morgan fingerprint density at radius 2 is 2.10 bits per heavy atom. The van der Waals surface area contributed by atoms with E-state index in [1.54, 1.807) is 6.07 Å². The Morgan fingerprint density at radius 3 is 2.75 bits per heavy atom. The molecule has 108 valence electrons. The first-order valence-electron chi connectivity index (χ1n) is 5.83. The van der Waals surface area contributed by atoms with Gasteiger partial charge in [-0.05, 0) is 12.1 Å². The number of sulfonamides is 1. The number of hydrogen-bond acceptors (Lipinski definition) is 4. The second-order valence-electron chi connectivity index (χ2n) is 4.09. The lowest BCUT2D eigenvalue weighted by molar-refractivity contribution is 0.269. The SMILES string of the molecule is CN(c1ccccc1F)S(=O)(=O)c1cnn(CCO)c1. The topological polar surface area (TPSA) is 75.4 Å². The maximum absolute atomic E-state index is 13.7. The number of aliphatic hydroxyl groups is 1. The fourth-order valence-electron chi connectivity index (χ4n) is 1.70. The number of para-hydroxylation sites is 1. The third-order valence-corrected chi connectivity index (χ3v) is 4.51. The molecule has 0 amide bonds. The molecule has 2 rings (SSSR count). The van der Waals surface area contributed by atoms with Crippen LogP contribution in [0.5, 0.6) is 0 Å². The Morgan fingerprint density at radius 1 is 1.40 bits per heavy atom. The Balaban J connectivity index is 2.36. The number of halogens is 1. The Kier molecular flexibility index (Phi) is 4.05. The summed E-state index contributed by atoms with van der Waals surface area (Å²) >= 11 is 0. The molecule has 0 aliphatic heterocycles. The van der Waals surface area contributed by atoms with Gasteiger partial charge in [-0.25, -0.2) is 12.8 Å². The van der Waals surface area contributed by atoms with E-state index in [2.05, 4.69) is 5.10 Å². The number of aliphatic hydroxyl groups excluding tert-OH is 1. The molecule has 0 fully saturated rings. The average Bonchev–Trinajstić information content (AvgIpc) is 2.88. The predicted octanol–water partition coefficient (Wildman–Crippen LogP) is 0.840. The highest BCUT2D eigenvalue weighted by Crippen LogP contribution is 2.24. The zero-order valence-electron chi connectivity index (χ0n) is 10.8. The molecule has 0 bridgehead atoms. The van der Waals surface area contributed by atoms with Crippen LogP contribution in [0.2, 0.25) is 0 Å². The van der Waals surface area contributed by atoms with E-state index in [0.717, 1.165) is 4.31 Å². The van der Waals surface area contributed by atoms with E-state index in [1.165, 1.54) is 42.3 Å². The first-order valence-corrected chi connectivity index (χ1v) is 7.27. The normalized spacial score (nSPS) is 11.6. The van der Waals surface area contributed by atoms with Crippen molar-refractivity contribution in [3.05, 3.63) is 42.5 Å². The Hall–Kier alpha value is -1.93. The fraction of sp³-hybridized carbons (Fsp3) is 0.250. The van der Waals surface area contributed by atoms with E-state index in [0.29, 0.717) is 0 Å². The van der Waals surface area contributed by atoms with Gasteiger partial charge < -0.3 is 5.11 Å². The van der Waals surface area contributed by atoms with E-state index in [1.807, 2.05) is 0 Å². The van der Waals surface area contributed by atoms with E-state index in [-0.39, 0.29) is 23.7 Å². The van der Waals surface area contributed by atoms with Crippen molar-refractivity contribution in [3.63, 3.8) is 0 Å². The monoisotopic (exact) mass is 299 g/mol. The van der Waals surface area contributed by atoms with Crippen LogP contribution in [0.15, 0.2) is 41.6 Å². The maximum atomic E-state index is 13.7. The molecular weight excluding hydrogens is 285 g/mol. The van der Waals surface area contributed by atoms with Crippen LogP contribution in [0.1, 0.15) is 0 Å². The van der Waals surface area contributed by atoms with Gasteiger partial charge in [0.05, 0.1) is 25.0 Å². The van der Waals surface area contributed by atoms with E-state index >= 15 is 0 Å². The lowest BCUT2D eigenvalue weighted by atomic mass is 10.3. The average molecular weight is 299 g/mol. The number of aromatic nitrogens is 2.